The Morgan fingerprint density at radius 1 is 1.11 bits per heavy atom. The number of nitrogens with one attached hydrogen (secondary N) is 1. The number of rotatable bonds is 7. The van der Waals surface area contributed by atoms with Crippen molar-refractivity contribution in [2.24, 2.45) is 11.3 Å². The maximum Gasteiger partial charge on any atom is 0.0575 e. The Kier molecular flexibility index (Phi) is 7.25. The first-order valence-electron chi connectivity index (χ1n) is 7.82. The van der Waals surface area contributed by atoms with Gasteiger partial charge in [0.05, 0.1) is 12.7 Å². The third-order valence-electron chi connectivity index (χ3n) is 3.67. The fraction of sp³-hybridized carbons (Fsp3) is 1.00. The van der Waals surface area contributed by atoms with E-state index in [0.29, 0.717) is 6.10 Å². The molecule has 0 amide bonds. The summed E-state index contributed by atoms with van der Waals surface area (Å²) in [6.45, 7) is 12.2. The van der Waals surface area contributed by atoms with Gasteiger partial charge < -0.3 is 10.1 Å². The molecule has 0 spiro atoms. The lowest BCUT2D eigenvalue weighted by Gasteiger charge is -2.28. The molecule has 1 saturated carbocycles. The van der Waals surface area contributed by atoms with E-state index < -0.39 is 0 Å². The molecule has 1 aliphatic rings. The highest BCUT2D eigenvalue weighted by Crippen LogP contribution is 2.23. The average molecular weight is 255 g/mol. The molecular formula is C16H33NO. The molecule has 0 aromatic rings. The minimum Gasteiger partial charge on any atom is -0.378 e. The van der Waals surface area contributed by atoms with E-state index in [0.717, 1.165) is 25.6 Å². The van der Waals surface area contributed by atoms with Gasteiger partial charge in [0.2, 0.25) is 0 Å². The first-order valence-corrected chi connectivity index (χ1v) is 7.82. The van der Waals surface area contributed by atoms with Gasteiger partial charge in [-0.2, -0.15) is 0 Å². The SMILES string of the molecule is CC(C)CNCC(C)(C)COC1CCCCCC1. The molecule has 1 fully saturated rings. The molecular weight excluding hydrogens is 222 g/mol. The second-order valence-corrected chi connectivity index (χ2v) is 7.11. The van der Waals surface area contributed by atoms with Gasteiger partial charge in [-0.25, -0.2) is 0 Å². The lowest BCUT2D eigenvalue weighted by Crippen LogP contribution is -2.36. The lowest BCUT2D eigenvalue weighted by atomic mass is 9.94. The van der Waals surface area contributed by atoms with Crippen molar-refractivity contribution in [2.45, 2.75) is 72.3 Å². The van der Waals surface area contributed by atoms with Crippen molar-refractivity contribution >= 4 is 0 Å². The molecule has 1 N–H and O–H groups in total. The molecule has 2 heteroatoms. The zero-order valence-electron chi connectivity index (χ0n) is 12.9. The Morgan fingerprint density at radius 3 is 2.28 bits per heavy atom. The minimum atomic E-state index is 0.251. The Bertz CT molecular complexity index is 205. The Balaban J connectivity index is 2.18. The van der Waals surface area contributed by atoms with Crippen LogP contribution in [0.15, 0.2) is 0 Å². The van der Waals surface area contributed by atoms with Gasteiger partial charge in [0.25, 0.3) is 0 Å². The second-order valence-electron chi connectivity index (χ2n) is 7.11. The largest absolute Gasteiger partial charge is 0.378 e. The topological polar surface area (TPSA) is 21.3 Å². The molecule has 0 radical (unpaired) electrons. The standard InChI is InChI=1S/C16H33NO/c1-14(2)11-17-12-16(3,4)13-18-15-9-7-5-6-8-10-15/h14-15,17H,5-13H2,1-4H3. The first-order chi connectivity index (χ1) is 8.49. The predicted octanol–water partition coefficient (Wildman–Crippen LogP) is 4.00. The summed E-state index contributed by atoms with van der Waals surface area (Å²) in [5.74, 6) is 0.726. The molecule has 0 unspecified atom stereocenters. The van der Waals surface area contributed by atoms with Crippen LogP contribution in [0.2, 0.25) is 0 Å². The van der Waals surface area contributed by atoms with Crippen LogP contribution in [0.25, 0.3) is 0 Å². The van der Waals surface area contributed by atoms with Gasteiger partial charge in [0.1, 0.15) is 0 Å². The van der Waals surface area contributed by atoms with E-state index in [1.165, 1.54) is 38.5 Å². The predicted molar refractivity (Wildman–Crippen MR) is 78.9 cm³/mol. The van der Waals surface area contributed by atoms with E-state index >= 15 is 0 Å². The van der Waals surface area contributed by atoms with Gasteiger partial charge in [-0.05, 0) is 25.3 Å². The molecule has 0 bridgehead atoms. The van der Waals surface area contributed by atoms with Crippen LogP contribution in [-0.2, 0) is 4.74 Å². The van der Waals surface area contributed by atoms with Crippen LogP contribution < -0.4 is 5.32 Å². The van der Waals surface area contributed by atoms with E-state index in [-0.39, 0.29) is 5.41 Å². The maximum atomic E-state index is 6.15. The van der Waals surface area contributed by atoms with Crippen molar-refractivity contribution in [1.29, 1.82) is 0 Å². The van der Waals surface area contributed by atoms with Crippen LogP contribution in [0, 0.1) is 11.3 Å². The molecule has 18 heavy (non-hydrogen) atoms. The van der Waals surface area contributed by atoms with E-state index in [1.807, 2.05) is 0 Å². The molecule has 108 valence electrons. The van der Waals surface area contributed by atoms with Crippen molar-refractivity contribution in [3.05, 3.63) is 0 Å². The fourth-order valence-corrected chi connectivity index (χ4v) is 2.50. The lowest BCUT2D eigenvalue weighted by molar-refractivity contribution is -0.00413. The summed E-state index contributed by atoms with van der Waals surface area (Å²) in [6.07, 6.45) is 8.59. The molecule has 0 heterocycles. The van der Waals surface area contributed by atoms with Crippen molar-refractivity contribution in [1.82, 2.24) is 5.32 Å². The first kappa shape index (κ1) is 16.0. The van der Waals surface area contributed by atoms with E-state index in [9.17, 15) is 0 Å². The smallest absolute Gasteiger partial charge is 0.0575 e. The van der Waals surface area contributed by atoms with Gasteiger partial charge in [0.15, 0.2) is 0 Å². The summed E-state index contributed by atoms with van der Waals surface area (Å²) in [4.78, 5) is 0. The van der Waals surface area contributed by atoms with Crippen molar-refractivity contribution < 1.29 is 4.74 Å². The maximum absolute atomic E-state index is 6.15. The summed E-state index contributed by atoms with van der Waals surface area (Å²) < 4.78 is 6.15. The van der Waals surface area contributed by atoms with Crippen molar-refractivity contribution in [3.8, 4) is 0 Å². The number of ether oxygens (including phenoxy) is 1. The highest BCUT2D eigenvalue weighted by molar-refractivity contribution is 4.73. The summed E-state index contributed by atoms with van der Waals surface area (Å²) >= 11 is 0. The zero-order chi connectivity index (χ0) is 13.4. The summed E-state index contributed by atoms with van der Waals surface area (Å²) in [7, 11) is 0. The highest BCUT2D eigenvalue weighted by Gasteiger charge is 2.21. The minimum absolute atomic E-state index is 0.251. The Hall–Kier alpha value is -0.0800. The molecule has 0 aliphatic heterocycles. The molecule has 0 atom stereocenters. The highest BCUT2D eigenvalue weighted by atomic mass is 16.5. The zero-order valence-corrected chi connectivity index (χ0v) is 12.9. The molecule has 0 aromatic heterocycles. The molecule has 1 aliphatic carbocycles. The van der Waals surface area contributed by atoms with Crippen LogP contribution in [0.3, 0.4) is 0 Å². The average Bonchev–Trinajstić information content (AvgIpc) is 2.54. The van der Waals surface area contributed by atoms with E-state index in [1.54, 1.807) is 0 Å². The van der Waals surface area contributed by atoms with E-state index in [2.05, 4.69) is 33.0 Å². The second kappa shape index (κ2) is 8.16. The normalized spacial score (nSPS) is 19.2. The van der Waals surface area contributed by atoms with Crippen molar-refractivity contribution in [2.75, 3.05) is 19.7 Å². The van der Waals surface area contributed by atoms with Crippen LogP contribution in [0.1, 0.15) is 66.2 Å². The summed E-state index contributed by atoms with van der Waals surface area (Å²) in [5, 5.41) is 3.55. The Labute approximate surface area is 114 Å². The molecule has 0 aromatic carbocycles. The molecule has 0 saturated heterocycles. The van der Waals surface area contributed by atoms with Gasteiger partial charge in [-0.15, -0.1) is 0 Å². The molecule has 1 rings (SSSR count). The molecule has 2 nitrogen and oxygen atoms in total. The van der Waals surface area contributed by atoms with Gasteiger partial charge >= 0.3 is 0 Å². The van der Waals surface area contributed by atoms with E-state index in [4.69, 9.17) is 4.74 Å². The third kappa shape index (κ3) is 7.38. The Morgan fingerprint density at radius 2 is 1.72 bits per heavy atom. The summed E-state index contributed by atoms with van der Waals surface area (Å²) in [6, 6.07) is 0. The van der Waals surface area contributed by atoms with Gasteiger partial charge in [0, 0.05) is 12.0 Å². The van der Waals surface area contributed by atoms with Crippen LogP contribution in [0.5, 0.6) is 0 Å². The van der Waals surface area contributed by atoms with Gasteiger partial charge in [-0.1, -0.05) is 53.4 Å². The van der Waals surface area contributed by atoms with Crippen LogP contribution in [-0.4, -0.2) is 25.8 Å². The van der Waals surface area contributed by atoms with Gasteiger partial charge in [-0.3, -0.25) is 0 Å². The van der Waals surface area contributed by atoms with Crippen molar-refractivity contribution in [3.63, 3.8) is 0 Å². The fourth-order valence-electron chi connectivity index (χ4n) is 2.50. The van der Waals surface area contributed by atoms with Crippen LogP contribution >= 0.6 is 0 Å². The van der Waals surface area contributed by atoms with Crippen LogP contribution in [0.4, 0.5) is 0 Å². The quantitative estimate of drug-likeness (QED) is 0.694. The number of hydrogen-bond acceptors (Lipinski definition) is 2. The third-order valence-corrected chi connectivity index (χ3v) is 3.67. The summed E-state index contributed by atoms with van der Waals surface area (Å²) in [5.41, 5.74) is 0.251. The number of hydrogen-bond donors (Lipinski definition) is 1. The monoisotopic (exact) mass is 255 g/mol.